The van der Waals surface area contributed by atoms with Gasteiger partial charge in [-0.2, -0.15) is 10.4 Å². The predicted molar refractivity (Wildman–Crippen MR) is 148 cm³/mol. The van der Waals surface area contributed by atoms with Gasteiger partial charge in [-0.25, -0.2) is 18.4 Å². The van der Waals surface area contributed by atoms with Crippen molar-refractivity contribution >= 4 is 22.5 Å². The Labute approximate surface area is 233 Å². The molecule has 0 amide bonds. The number of hydrogen-bond donors (Lipinski definition) is 2. The molecule has 6 rings (SSSR count). The van der Waals surface area contributed by atoms with Gasteiger partial charge in [0.1, 0.15) is 5.82 Å². The summed E-state index contributed by atoms with van der Waals surface area (Å²) in [7, 11) is 2.01. The smallest absolute Gasteiger partial charge is 0.219 e. The molecule has 0 aliphatic carbocycles. The molecule has 3 N–H and O–H groups in total. The van der Waals surface area contributed by atoms with Gasteiger partial charge in [-0.3, -0.25) is 9.69 Å². The number of likely N-dealkylation sites (N-methyl/N-ethyl adjacent to an activating group) is 1. The number of aromatic nitrogens is 4. The lowest BCUT2D eigenvalue weighted by Gasteiger charge is -2.33. The SMILES string of the molecule is Cc1cc(Oc2c(F)cccc2F)ncc1-n1ncc(C(=O)c2cc3cc4c(cc3[nH]2)C(CC#N)N(C)CC4)c1N. The van der Waals surface area contributed by atoms with Crippen molar-refractivity contribution in [1.82, 2.24) is 24.6 Å². The number of nitrogens with one attached hydrogen (secondary N) is 1. The zero-order valence-electron chi connectivity index (χ0n) is 22.3. The molecule has 5 aromatic rings. The molecule has 0 fully saturated rings. The number of pyridine rings is 1. The second kappa shape index (κ2) is 10.1. The summed E-state index contributed by atoms with van der Waals surface area (Å²) in [5, 5.41) is 14.5. The largest absolute Gasteiger partial charge is 0.433 e. The summed E-state index contributed by atoms with van der Waals surface area (Å²) >= 11 is 0. The number of halogens is 2. The van der Waals surface area contributed by atoms with Crippen LogP contribution in [0.4, 0.5) is 14.6 Å². The number of aryl methyl sites for hydroxylation is 1. The van der Waals surface area contributed by atoms with Crippen LogP contribution in [-0.4, -0.2) is 44.0 Å². The number of ether oxygens (including phenoxy) is 1. The van der Waals surface area contributed by atoms with Crippen LogP contribution < -0.4 is 10.5 Å². The molecule has 2 aromatic carbocycles. The normalized spacial score (nSPS) is 15.0. The molecule has 0 radical (unpaired) electrons. The first-order valence-corrected chi connectivity index (χ1v) is 12.9. The Morgan fingerprint density at radius 3 is 2.73 bits per heavy atom. The van der Waals surface area contributed by atoms with E-state index < -0.39 is 17.4 Å². The molecule has 0 spiro atoms. The minimum Gasteiger partial charge on any atom is -0.433 e. The van der Waals surface area contributed by atoms with Crippen LogP contribution in [0.5, 0.6) is 11.6 Å². The van der Waals surface area contributed by atoms with Crippen LogP contribution in [0.2, 0.25) is 0 Å². The molecule has 0 bridgehead atoms. The van der Waals surface area contributed by atoms with Crippen LogP contribution in [0.1, 0.15) is 45.2 Å². The van der Waals surface area contributed by atoms with E-state index in [2.05, 4.69) is 32.1 Å². The fourth-order valence-corrected chi connectivity index (χ4v) is 5.29. The summed E-state index contributed by atoms with van der Waals surface area (Å²) < 4.78 is 34.7. The molecule has 41 heavy (non-hydrogen) atoms. The highest BCUT2D eigenvalue weighted by molar-refractivity contribution is 6.12. The molecular formula is C30H25F2N7O2. The Morgan fingerprint density at radius 2 is 2.00 bits per heavy atom. The van der Waals surface area contributed by atoms with Crippen molar-refractivity contribution in [3.8, 4) is 23.4 Å². The van der Waals surface area contributed by atoms with Crippen molar-refractivity contribution < 1.29 is 18.3 Å². The van der Waals surface area contributed by atoms with Crippen molar-refractivity contribution in [1.29, 1.82) is 5.26 Å². The molecule has 1 aliphatic rings. The highest BCUT2D eigenvalue weighted by Crippen LogP contribution is 2.35. The molecule has 1 aliphatic heterocycles. The van der Waals surface area contributed by atoms with Gasteiger partial charge in [-0.05, 0) is 67.4 Å². The Morgan fingerprint density at radius 1 is 1.22 bits per heavy atom. The standard InChI is InChI=1S/C30H25F2N7O2/c1-16-10-27(41-29-21(31)4-3-5-22(29)32)35-15-26(16)39-30(34)20(14-36-39)28(40)24-12-18-11-17-7-9-38(2)25(6-8-33)19(17)13-23(18)37-24/h3-5,10-15,25,37H,6-7,9,34H2,1-2H3. The van der Waals surface area contributed by atoms with E-state index in [0.29, 0.717) is 23.4 Å². The number of nitrogens with two attached hydrogens (primary N) is 1. The van der Waals surface area contributed by atoms with E-state index in [-0.39, 0.29) is 29.1 Å². The number of H-pyrrole nitrogens is 1. The van der Waals surface area contributed by atoms with E-state index in [1.54, 1.807) is 13.0 Å². The average Bonchev–Trinajstić information content (AvgIpc) is 3.54. The van der Waals surface area contributed by atoms with Crippen molar-refractivity contribution in [2.45, 2.75) is 25.8 Å². The van der Waals surface area contributed by atoms with Gasteiger partial charge in [0, 0.05) is 29.6 Å². The first-order chi connectivity index (χ1) is 19.7. The first kappa shape index (κ1) is 26.2. The number of carbonyl (C=O) groups excluding carboxylic acids is 1. The Bertz CT molecular complexity index is 1850. The van der Waals surface area contributed by atoms with Crippen LogP contribution in [0.3, 0.4) is 0 Å². The number of benzene rings is 2. The fourth-order valence-electron chi connectivity index (χ4n) is 5.29. The third kappa shape index (κ3) is 4.58. The molecule has 11 heteroatoms. The number of anilines is 1. The number of nitriles is 1. The predicted octanol–water partition coefficient (Wildman–Crippen LogP) is 5.38. The third-order valence-corrected chi connectivity index (χ3v) is 7.50. The number of rotatable bonds is 6. The lowest BCUT2D eigenvalue weighted by molar-refractivity contribution is 0.103. The molecule has 0 saturated carbocycles. The second-order valence-corrected chi connectivity index (χ2v) is 10.1. The highest BCUT2D eigenvalue weighted by atomic mass is 19.1. The lowest BCUT2D eigenvalue weighted by atomic mass is 9.90. The Hall–Kier alpha value is -5.08. The van der Waals surface area contributed by atoms with E-state index in [9.17, 15) is 18.8 Å². The first-order valence-electron chi connectivity index (χ1n) is 12.9. The van der Waals surface area contributed by atoms with E-state index in [4.69, 9.17) is 10.5 Å². The summed E-state index contributed by atoms with van der Waals surface area (Å²) in [4.78, 5) is 23.0. The van der Waals surface area contributed by atoms with Gasteiger partial charge in [0.25, 0.3) is 0 Å². The minimum absolute atomic E-state index is 0.00357. The van der Waals surface area contributed by atoms with E-state index in [1.165, 1.54) is 34.8 Å². The molecule has 4 heterocycles. The second-order valence-electron chi connectivity index (χ2n) is 10.1. The van der Waals surface area contributed by atoms with Crippen molar-refractivity contribution in [3.63, 3.8) is 0 Å². The van der Waals surface area contributed by atoms with Crippen LogP contribution in [0.25, 0.3) is 16.6 Å². The van der Waals surface area contributed by atoms with Gasteiger partial charge in [-0.1, -0.05) is 6.07 Å². The molecule has 9 nitrogen and oxygen atoms in total. The molecule has 0 saturated heterocycles. The maximum atomic E-state index is 14.0. The number of aromatic amines is 1. The van der Waals surface area contributed by atoms with Gasteiger partial charge in [-0.15, -0.1) is 0 Å². The number of nitrogen functional groups attached to an aromatic ring is 1. The van der Waals surface area contributed by atoms with Crippen molar-refractivity contribution in [2.75, 3.05) is 19.3 Å². The average molecular weight is 554 g/mol. The number of fused-ring (bicyclic) bond motifs is 2. The topological polar surface area (TPSA) is 126 Å². The summed E-state index contributed by atoms with van der Waals surface area (Å²) in [6, 6.07) is 13.1. The Balaban J connectivity index is 1.29. The summed E-state index contributed by atoms with van der Waals surface area (Å²) in [6.07, 6.45) is 4.05. The maximum absolute atomic E-state index is 14.0. The van der Waals surface area contributed by atoms with Crippen molar-refractivity contribution in [2.24, 2.45) is 0 Å². The molecule has 3 aromatic heterocycles. The third-order valence-electron chi connectivity index (χ3n) is 7.50. The number of ketones is 1. The molecule has 1 atom stereocenters. The quantitative estimate of drug-likeness (QED) is 0.270. The number of carbonyl (C=O) groups is 1. The van der Waals surface area contributed by atoms with Crippen LogP contribution in [0.15, 0.2) is 54.9 Å². The Kier molecular flexibility index (Phi) is 6.47. The maximum Gasteiger partial charge on any atom is 0.219 e. The van der Waals surface area contributed by atoms with Gasteiger partial charge >= 0.3 is 0 Å². The monoisotopic (exact) mass is 553 g/mol. The van der Waals surface area contributed by atoms with Gasteiger partial charge in [0.2, 0.25) is 17.4 Å². The number of para-hydroxylation sites is 1. The lowest BCUT2D eigenvalue weighted by Crippen LogP contribution is -2.31. The summed E-state index contributed by atoms with van der Waals surface area (Å²) in [5.41, 5.74) is 11.1. The molecule has 1 unspecified atom stereocenters. The van der Waals surface area contributed by atoms with Crippen LogP contribution in [-0.2, 0) is 6.42 Å². The van der Waals surface area contributed by atoms with Gasteiger partial charge in [0.05, 0.1) is 41.8 Å². The zero-order chi connectivity index (χ0) is 28.8. The minimum atomic E-state index is -0.848. The van der Waals surface area contributed by atoms with Crippen molar-refractivity contribution in [3.05, 3.63) is 94.4 Å². The highest BCUT2D eigenvalue weighted by Gasteiger charge is 2.26. The summed E-state index contributed by atoms with van der Waals surface area (Å²) in [6.45, 7) is 2.60. The fraction of sp³-hybridized carbons (Fsp3) is 0.200. The number of nitrogens with zero attached hydrogens (tertiary/aromatic N) is 5. The zero-order valence-corrected chi connectivity index (χ0v) is 22.3. The van der Waals surface area contributed by atoms with Gasteiger partial charge in [0.15, 0.2) is 11.6 Å². The number of hydrogen-bond acceptors (Lipinski definition) is 7. The van der Waals surface area contributed by atoms with Crippen LogP contribution >= 0.6 is 0 Å². The van der Waals surface area contributed by atoms with E-state index >= 15 is 0 Å². The van der Waals surface area contributed by atoms with Crippen LogP contribution in [0, 0.1) is 29.9 Å². The van der Waals surface area contributed by atoms with E-state index in [1.807, 2.05) is 13.1 Å². The van der Waals surface area contributed by atoms with Gasteiger partial charge < -0.3 is 15.5 Å². The molecule has 206 valence electrons. The van der Waals surface area contributed by atoms with E-state index in [0.717, 1.165) is 41.6 Å². The summed E-state index contributed by atoms with van der Waals surface area (Å²) in [5.74, 6) is -2.47. The molecular weight excluding hydrogens is 528 g/mol.